The van der Waals surface area contributed by atoms with Crippen molar-refractivity contribution in [2.75, 3.05) is 0 Å². The Kier molecular flexibility index (Phi) is 8.90. The lowest BCUT2D eigenvalue weighted by Gasteiger charge is -2.46. The Hall–Kier alpha value is -0.980. The van der Waals surface area contributed by atoms with Gasteiger partial charge in [-0.25, -0.2) is 0 Å². The van der Waals surface area contributed by atoms with E-state index in [-0.39, 0.29) is 0 Å². The maximum atomic E-state index is 6.38. The first-order valence-corrected chi connectivity index (χ1v) is 14.3. The zero-order chi connectivity index (χ0) is 25.3. The second-order valence-electron chi connectivity index (χ2n) is 12.0. The Morgan fingerprint density at radius 2 is 1.18 bits per heavy atom. The standard InChI is InChI=1S/2C16H23Cl/c1-11(2)16(12(3)4)10-6-7-13-14(16)8-5-9-15(13)17;1-11(2)16(12(3)4)9-5-6-13-7-8-14(17)10-15(13)16/h5,8-9,11-12H,6-7,10H2,1-4H3;7-8,10-12H,5-6,9H2,1-4H3. The molecule has 4 rings (SSSR count). The molecular weight excluding hydrogens is 455 g/mol. The third kappa shape index (κ3) is 4.84. The molecule has 0 fully saturated rings. The molecule has 0 saturated carbocycles. The average molecular weight is 502 g/mol. The van der Waals surface area contributed by atoms with Gasteiger partial charge in [-0.2, -0.15) is 0 Å². The van der Waals surface area contributed by atoms with Crippen LogP contribution in [-0.2, 0) is 23.7 Å². The van der Waals surface area contributed by atoms with Gasteiger partial charge in [0.1, 0.15) is 0 Å². The summed E-state index contributed by atoms with van der Waals surface area (Å²) in [5.41, 5.74) is 6.59. The highest BCUT2D eigenvalue weighted by Gasteiger charge is 2.43. The Bertz CT molecular complexity index is 927. The molecule has 2 aliphatic carbocycles. The molecule has 188 valence electrons. The minimum atomic E-state index is 0.318. The first-order chi connectivity index (χ1) is 16.0. The van der Waals surface area contributed by atoms with E-state index in [0.29, 0.717) is 34.5 Å². The highest BCUT2D eigenvalue weighted by atomic mass is 35.5. The molecule has 0 nitrogen and oxygen atoms in total. The fourth-order valence-electron chi connectivity index (χ4n) is 7.58. The maximum Gasteiger partial charge on any atom is 0.0440 e. The monoisotopic (exact) mass is 500 g/mol. The molecule has 0 heterocycles. The van der Waals surface area contributed by atoms with Crippen molar-refractivity contribution in [1.82, 2.24) is 0 Å². The van der Waals surface area contributed by atoms with Crippen LogP contribution in [0.5, 0.6) is 0 Å². The molecule has 0 saturated heterocycles. The Balaban J connectivity index is 0.000000191. The van der Waals surface area contributed by atoms with Gasteiger partial charge in [0.25, 0.3) is 0 Å². The first kappa shape index (κ1) is 27.6. The van der Waals surface area contributed by atoms with Crippen LogP contribution in [0.2, 0.25) is 10.0 Å². The van der Waals surface area contributed by atoms with E-state index in [4.69, 9.17) is 23.2 Å². The topological polar surface area (TPSA) is 0 Å². The minimum absolute atomic E-state index is 0.318. The lowest BCUT2D eigenvalue weighted by atomic mass is 9.58. The summed E-state index contributed by atoms with van der Waals surface area (Å²) in [6.07, 6.45) is 7.55. The van der Waals surface area contributed by atoms with Crippen LogP contribution in [0.3, 0.4) is 0 Å². The van der Waals surface area contributed by atoms with Gasteiger partial charge in [0.05, 0.1) is 0 Å². The van der Waals surface area contributed by atoms with Crippen molar-refractivity contribution in [1.29, 1.82) is 0 Å². The fraction of sp³-hybridized carbons (Fsp3) is 0.625. The quantitative estimate of drug-likeness (QED) is 0.391. The van der Waals surface area contributed by atoms with E-state index < -0.39 is 0 Å². The number of hydrogen-bond donors (Lipinski definition) is 0. The fourth-order valence-corrected chi connectivity index (χ4v) is 8.02. The van der Waals surface area contributed by atoms with Gasteiger partial charge in [-0.15, -0.1) is 0 Å². The molecule has 0 radical (unpaired) electrons. The summed E-state index contributed by atoms with van der Waals surface area (Å²) in [4.78, 5) is 0. The molecule has 0 bridgehead atoms. The van der Waals surface area contributed by atoms with Crippen molar-refractivity contribution >= 4 is 23.2 Å². The van der Waals surface area contributed by atoms with Crippen LogP contribution in [0.25, 0.3) is 0 Å². The van der Waals surface area contributed by atoms with E-state index in [1.807, 2.05) is 12.1 Å². The second-order valence-corrected chi connectivity index (χ2v) is 12.8. The molecular formula is C32H46Cl2. The van der Waals surface area contributed by atoms with Gasteiger partial charge < -0.3 is 0 Å². The van der Waals surface area contributed by atoms with E-state index in [1.54, 1.807) is 0 Å². The van der Waals surface area contributed by atoms with E-state index in [1.165, 1.54) is 54.4 Å². The van der Waals surface area contributed by atoms with Crippen LogP contribution in [0.1, 0.15) is 103 Å². The number of halogens is 2. The highest BCUT2D eigenvalue weighted by Crippen LogP contribution is 2.50. The number of aryl methyl sites for hydroxylation is 1. The largest absolute Gasteiger partial charge is 0.0843 e. The van der Waals surface area contributed by atoms with E-state index in [0.717, 1.165) is 16.5 Å². The molecule has 0 spiro atoms. The van der Waals surface area contributed by atoms with Gasteiger partial charge in [-0.1, -0.05) is 96.8 Å². The number of fused-ring (bicyclic) bond motifs is 2. The van der Waals surface area contributed by atoms with Gasteiger partial charge in [0, 0.05) is 20.9 Å². The van der Waals surface area contributed by atoms with Crippen molar-refractivity contribution in [3.63, 3.8) is 0 Å². The van der Waals surface area contributed by atoms with Crippen LogP contribution >= 0.6 is 23.2 Å². The molecule has 0 amide bonds. The second kappa shape index (κ2) is 11.0. The van der Waals surface area contributed by atoms with E-state index in [2.05, 4.69) is 79.7 Å². The number of rotatable bonds is 4. The smallest absolute Gasteiger partial charge is 0.0440 e. The SMILES string of the molecule is CC(C)C1(C(C)C)CCCc2c(Cl)cccc21.CC(C)C1(C(C)C)CCCc2ccc(Cl)cc21. The molecule has 0 atom stereocenters. The summed E-state index contributed by atoms with van der Waals surface area (Å²) in [5.74, 6) is 2.67. The molecule has 2 aromatic carbocycles. The lowest BCUT2D eigenvalue weighted by molar-refractivity contribution is 0.186. The summed E-state index contributed by atoms with van der Waals surface area (Å²) < 4.78 is 0. The van der Waals surface area contributed by atoms with Crippen molar-refractivity contribution in [3.05, 3.63) is 68.7 Å². The molecule has 2 aliphatic rings. The predicted octanol–water partition coefficient (Wildman–Crippen LogP) is 10.5. The molecule has 2 aromatic rings. The van der Waals surface area contributed by atoms with Gasteiger partial charge in [0.15, 0.2) is 0 Å². The molecule has 0 aromatic heterocycles. The Morgan fingerprint density at radius 3 is 1.74 bits per heavy atom. The zero-order valence-electron chi connectivity index (χ0n) is 22.8. The Labute approximate surface area is 219 Å². The van der Waals surface area contributed by atoms with Crippen LogP contribution in [0.4, 0.5) is 0 Å². The summed E-state index contributed by atoms with van der Waals surface area (Å²) in [7, 11) is 0. The Morgan fingerprint density at radius 1 is 0.647 bits per heavy atom. The van der Waals surface area contributed by atoms with E-state index >= 15 is 0 Å². The van der Waals surface area contributed by atoms with Crippen molar-refractivity contribution < 1.29 is 0 Å². The van der Waals surface area contributed by atoms with Gasteiger partial charge in [-0.05, 0) is 103 Å². The van der Waals surface area contributed by atoms with Gasteiger partial charge in [0.2, 0.25) is 0 Å². The highest BCUT2D eigenvalue weighted by molar-refractivity contribution is 6.31. The molecule has 0 aliphatic heterocycles. The first-order valence-electron chi connectivity index (χ1n) is 13.5. The number of hydrogen-bond acceptors (Lipinski definition) is 0. The van der Waals surface area contributed by atoms with Crippen molar-refractivity contribution in [3.8, 4) is 0 Å². The summed E-state index contributed by atoms with van der Waals surface area (Å²) in [6.45, 7) is 18.9. The van der Waals surface area contributed by atoms with Crippen molar-refractivity contribution in [2.24, 2.45) is 23.7 Å². The van der Waals surface area contributed by atoms with Crippen LogP contribution in [0.15, 0.2) is 36.4 Å². The third-order valence-electron chi connectivity index (χ3n) is 9.37. The van der Waals surface area contributed by atoms with Crippen molar-refractivity contribution in [2.45, 2.75) is 105 Å². The molecule has 0 unspecified atom stereocenters. The maximum absolute atomic E-state index is 6.38. The van der Waals surface area contributed by atoms with E-state index in [9.17, 15) is 0 Å². The predicted molar refractivity (Wildman–Crippen MR) is 151 cm³/mol. The summed E-state index contributed by atoms with van der Waals surface area (Å²) in [6, 6.07) is 13.0. The van der Waals surface area contributed by atoms with Crippen LogP contribution < -0.4 is 0 Å². The van der Waals surface area contributed by atoms with Crippen LogP contribution in [-0.4, -0.2) is 0 Å². The van der Waals surface area contributed by atoms with Gasteiger partial charge >= 0.3 is 0 Å². The molecule has 2 heteroatoms. The minimum Gasteiger partial charge on any atom is -0.0843 e. The number of benzene rings is 2. The average Bonchev–Trinajstić information content (AvgIpc) is 2.78. The lowest BCUT2D eigenvalue weighted by Crippen LogP contribution is -2.41. The zero-order valence-corrected chi connectivity index (χ0v) is 24.3. The normalized spacial score (nSPS) is 18.5. The van der Waals surface area contributed by atoms with Crippen LogP contribution in [0, 0.1) is 23.7 Å². The third-order valence-corrected chi connectivity index (χ3v) is 9.96. The van der Waals surface area contributed by atoms with Gasteiger partial charge in [-0.3, -0.25) is 0 Å². The summed E-state index contributed by atoms with van der Waals surface area (Å²) >= 11 is 12.6. The molecule has 34 heavy (non-hydrogen) atoms. The molecule has 0 N–H and O–H groups in total. The summed E-state index contributed by atoms with van der Waals surface area (Å²) in [5, 5.41) is 1.85.